The van der Waals surface area contributed by atoms with Gasteiger partial charge in [-0.1, -0.05) is 62.4 Å². The first-order chi connectivity index (χ1) is 16.0. The maximum atomic E-state index is 13.1. The number of hydrogen-bond acceptors (Lipinski definition) is 4. The molecular formula is C26H26N4O2S. The highest BCUT2D eigenvalue weighted by Crippen LogP contribution is 2.27. The molecule has 0 unspecified atom stereocenters. The van der Waals surface area contributed by atoms with Crippen molar-refractivity contribution in [1.29, 1.82) is 0 Å². The molecule has 6 nitrogen and oxygen atoms in total. The van der Waals surface area contributed by atoms with Gasteiger partial charge in [-0.25, -0.2) is 0 Å². The minimum absolute atomic E-state index is 0.0235. The molecule has 4 rings (SSSR count). The first-order valence-electron chi connectivity index (χ1n) is 10.8. The quantitative estimate of drug-likeness (QED) is 0.382. The molecule has 33 heavy (non-hydrogen) atoms. The minimum Gasteiger partial charge on any atom is -0.348 e. The van der Waals surface area contributed by atoms with Crippen LogP contribution in [0, 0.1) is 5.92 Å². The number of nitrogens with zero attached hydrogens (tertiary/aromatic N) is 2. The first kappa shape index (κ1) is 22.5. The van der Waals surface area contributed by atoms with Crippen LogP contribution in [0.15, 0.2) is 78.3 Å². The summed E-state index contributed by atoms with van der Waals surface area (Å²) in [6.07, 6.45) is 1.81. The standard InChI is InChI=1S/C26H26N4O2S/c1-18(2)25(31)28-21-12-10-19(11-13-21)15-27-26(32)22-17-30(16-20-7-4-3-5-8-20)29-24(22)23-9-6-14-33-23/h3-14,17-18H,15-16H2,1-2H3,(H,27,32)(H,28,31). The van der Waals surface area contributed by atoms with Gasteiger partial charge in [0, 0.05) is 24.3 Å². The molecule has 0 atom stereocenters. The Morgan fingerprint density at radius 2 is 1.73 bits per heavy atom. The highest BCUT2D eigenvalue weighted by Gasteiger charge is 2.19. The number of carbonyl (C=O) groups excluding carboxylic acids is 2. The van der Waals surface area contributed by atoms with E-state index in [1.54, 1.807) is 11.3 Å². The molecule has 168 valence electrons. The van der Waals surface area contributed by atoms with Crippen molar-refractivity contribution in [2.75, 3.05) is 5.32 Å². The lowest BCUT2D eigenvalue weighted by molar-refractivity contribution is -0.118. The van der Waals surface area contributed by atoms with Gasteiger partial charge in [0.15, 0.2) is 0 Å². The number of rotatable bonds is 8. The summed E-state index contributed by atoms with van der Waals surface area (Å²) in [4.78, 5) is 25.9. The van der Waals surface area contributed by atoms with Gasteiger partial charge in [0.25, 0.3) is 5.91 Å². The molecule has 0 spiro atoms. The Bertz CT molecular complexity index is 1210. The fraction of sp³-hybridized carbons (Fsp3) is 0.192. The van der Waals surface area contributed by atoms with Gasteiger partial charge >= 0.3 is 0 Å². The smallest absolute Gasteiger partial charge is 0.255 e. The number of anilines is 1. The van der Waals surface area contributed by atoms with Crippen LogP contribution in [0.1, 0.15) is 35.3 Å². The number of thiophene rings is 1. The van der Waals surface area contributed by atoms with Gasteiger partial charge in [0.05, 0.1) is 17.0 Å². The average Bonchev–Trinajstić information content (AvgIpc) is 3.49. The number of hydrogen-bond donors (Lipinski definition) is 2. The molecule has 0 aliphatic carbocycles. The van der Waals surface area contributed by atoms with E-state index in [0.717, 1.165) is 21.7 Å². The Morgan fingerprint density at radius 1 is 0.970 bits per heavy atom. The molecule has 7 heteroatoms. The lowest BCUT2D eigenvalue weighted by Crippen LogP contribution is -2.23. The number of nitrogens with one attached hydrogen (secondary N) is 2. The monoisotopic (exact) mass is 458 g/mol. The van der Waals surface area contributed by atoms with Gasteiger partial charge in [-0.05, 0) is 34.7 Å². The van der Waals surface area contributed by atoms with E-state index in [1.165, 1.54) is 0 Å². The SMILES string of the molecule is CC(C)C(=O)Nc1ccc(CNC(=O)c2cn(Cc3ccccc3)nc2-c2cccs2)cc1. The first-order valence-corrected chi connectivity index (χ1v) is 11.7. The van der Waals surface area contributed by atoms with Crippen molar-refractivity contribution in [3.05, 3.63) is 95.0 Å². The molecule has 0 saturated heterocycles. The largest absolute Gasteiger partial charge is 0.348 e. The highest BCUT2D eigenvalue weighted by atomic mass is 32.1. The Hall–Kier alpha value is -3.71. The second-order valence-corrected chi connectivity index (χ2v) is 9.02. The van der Waals surface area contributed by atoms with Crippen LogP contribution in [0.4, 0.5) is 5.69 Å². The van der Waals surface area contributed by atoms with Crippen molar-refractivity contribution in [2.24, 2.45) is 5.92 Å². The maximum absolute atomic E-state index is 13.1. The van der Waals surface area contributed by atoms with Crippen molar-refractivity contribution in [3.8, 4) is 10.6 Å². The van der Waals surface area contributed by atoms with Crippen LogP contribution in [-0.4, -0.2) is 21.6 Å². The Balaban J connectivity index is 1.46. The number of aromatic nitrogens is 2. The van der Waals surface area contributed by atoms with Crippen LogP contribution < -0.4 is 10.6 Å². The Kier molecular flexibility index (Phi) is 7.00. The van der Waals surface area contributed by atoms with Crippen LogP contribution in [0.25, 0.3) is 10.6 Å². The summed E-state index contributed by atoms with van der Waals surface area (Å²) < 4.78 is 1.81. The van der Waals surface area contributed by atoms with Crippen molar-refractivity contribution in [3.63, 3.8) is 0 Å². The molecule has 0 aliphatic rings. The number of carbonyl (C=O) groups is 2. The molecule has 2 heterocycles. The lowest BCUT2D eigenvalue weighted by Gasteiger charge is -2.09. The Morgan fingerprint density at radius 3 is 2.39 bits per heavy atom. The third kappa shape index (κ3) is 5.75. The fourth-order valence-electron chi connectivity index (χ4n) is 3.30. The molecule has 2 aromatic heterocycles. The average molecular weight is 459 g/mol. The fourth-order valence-corrected chi connectivity index (χ4v) is 4.03. The van der Waals surface area contributed by atoms with E-state index in [2.05, 4.69) is 10.6 Å². The van der Waals surface area contributed by atoms with Gasteiger partial charge in [-0.2, -0.15) is 5.10 Å². The van der Waals surface area contributed by atoms with E-state index >= 15 is 0 Å². The van der Waals surface area contributed by atoms with Gasteiger partial charge in [-0.15, -0.1) is 11.3 Å². The van der Waals surface area contributed by atoms with Gasteiger partial charge < -0.3 is 10.6 Å². The molecular weight excluding hydrogens is 432 g/mol. The summed E-state index contributed by atoms with van der Waals surface area (Å²) in [7, 11) is 0. The van der Waals surface area contributed by atoms with Gasteiger partial charge in [-0.3, -0.25) is 14.3 Å². The van der Waals surface area contributed by atoms with Crippen molar-refractivity contribution >= 4 is 28.8 Å². The van der Waals surface area contributed by atoms with E-state index in [9.17, 15) is 9.59 Å². The number of benzene rings is 2. The zero-order valence-electron chi connectivity index (χ0n) is 18.6. The zero-order valence-corrected chi connectivity index (χ0v) is 19.4. The molecule has 2 aromatic carbocycles. The van der Waals surface area contributed by atoms with E-state index in [1.807, 2.05) is 96.8 Å². The second kappa shape index (κ2) is 10.3. The van der Waals surface area contributed by atoms with Crippen LogP contribution in [0.2, 0.25) is 0 Å². The highest BCUT2D eigenvalue weighted by molar-refractivity contribution is 7.13. The van der Waals surface area contributed by atoms with Crippen molar-refractivity contribution in [1.82, 2.24) is 15.1 Å². The van der Waals surface area contributed by atoms with Crippen LogP contribution in [0.5, 0.6) is 0 Å². The van der Waals surface area contributed by atoms with Crippen molar-refractivity contribution in [2.45, 2.75) is 26.9 Å². The minimum atomic E-state index is -0.171. The van der Waals surface area contributed by atoms with Gasteiger partial charge in [0.2, 0.25) is 5.91 Å². The van der Waals surface area contributed by atoms with E-state index in [-0.39, 0.29) is 17.7 Å². The topological polar surface area (TPSA) is 76.0 Å². The predicted octanol–water partition coefficient (Wildman–Crippen LogP) is 5.18. The summed E-state index contributed by atoms with van der Waals surface area (Å²) in [5.74, 6) is -0.274. The molecule has 4 aromatic rings. The molecule has 2 N–H and O–H groups in total. The van der Waals surface area contributed by atoms with E-state index in [4.69, 9.17) is 5.10 Å². The van der Waals surface area contributed by atoms with Crippen molar-refractivity contribution < 1.29 is 9.59 Å². The molecule has 0 saturated carbocycles. The molecule has 2 amide bonds. The third-order valence-electron chi connectivity index (χ3n) is 5.15. The normalized spacial score (nSPS) is 10.9. The van der Waals surface area contributed by atoms with E-state index in [0.29, 0.717) is 24.3 Å². The van der Waals surface area contributed by atoms with E-state index < -0.39 is 0 Å². The summed E-state index contributed by atoms with van der Waals surface area (Å²) >= 11 is 1.56. The summed E-state index contributed by atoms with van der Waals surface area (Å²) in [5, 5.41) is 12.5. The predicted molar refractivity (Wildman–Crippen MR) is 132 cm³/mol. The second-order valence-electron chi connectivity index (χ2n) is 8.08. The van der Waals surface area contributed by atoms with Crippen LogP contribution >= 0.6 is 11.3 Å². The zero-order chi connectivity index (χ0) is 23.2. The molecule has 0 bridgehead atoms. The summed E-state index contributed by atoms with van der Waals surface area (Å²) in [6.45, 7) is 4.68. The van der Waals surface area contributed by atoms with Gasteiger partial charge in [0.1, 0.15) is 5.69 Å². The lowest BCUT2D eigenvalue weighted by atomic mass is 10.1. The number of amides is 2. The summed E-state index contributed by atoms with van der Waals surface area (Å²) in [6, 6.07) is 21.5. The van der Waals surface area contributed by atoms with Crippen LogP contribution in [-0.2, 0) is 17.9 Å². The third-order valence-corrected chi connectivity index (χ3v) is 6.02. The maximum Gasteiger partial charge on any atom is 0.255 e. The molecule has 0 fully saturated rings. The molecule has 0 aliphatic heterocycles. The summed E-state index contributed by atoms with van der Waals surface area (Å²) in [5.41, 5.74) is 4.04. The molecule has 0 radical (unpaired) electrons. The van der Waals surface area contributed by atoms with Crippen LogP contribution in [0.3, 0.4) is 0 Å². The Labute approximate surface area is 197 Å².